The maximum atomic E-state index is 11.7. The Hall–Kier alpha value is -2.07. The van der Waals surface area contributed by atoms with Crippen LogP contribution in [0.2, 0.25) is 0 Å². The van der Waals surface area contributed by atoms with Crippen LogP contribution < -0.4 is 10.6 Å². The van der Waals surface area contributed by atoms with Crippen molar-refractivity contribution in [2.75, 3.05) is 6.54 Å². The van der Waals surface area contributed by atoms with Crippen LogP contribution in [0.25, 0.3) is 6.08 Å². The minimum atomic E-state index is -0.196. The zero-order valence-corrected chi connectivity index (χ0v) is 14.1. The molecule has 0 saturated heterocycles. The Morgan fingerprint density at radius 2 is 1.95 bits per heavy atom. The lowest BCUT2D eigenvalue weighted by atomic mass is 10.1. The van der Waals surface area contributed by atoms with Crippen LogP contribution in [0.3, 0.4) is 0 Å². The Kier molecular flexibility index (Phi) is 6.22. The summed E-state index contributed by atoms with van der Waals surface area (Å²) in [5.74, 6) is 0. The average Bonchev–Trinajstić information content (AvgIpc) is 2.49. The Morgan fingerprint density at radius 3 is 2.68 bits per heavy atom. The standard InChI is InChI=1S/C18H19BrN2O/c1-14-5-7-15(8-6-14)9-11-20-18(22)21-12-10-16-3-2-4-17(19)13-16/h2-9,11,13H,10,12H2,1H3,(H2,20,21,22)/b11-9+. The van der Waals surface area contributed by atoms with E-state index in [2.05, 4.69) is 32.6 Å². The molecule has 0 aliphatic carbocycles. The minimum absolute atomic E-state index is 0.196. The number of hydrogen-bond donors (Lipinski definition) is 2. The summed E-state index contributed by atoms with van der Waals surface area (Å²) in [5, 5.41) is 5.53. The second-order valence-electron chi connectivity index (χ2n) is 5.02. The van der Waals surface area contributed by atoms with E-state index >= 15 is 0 Å². The number of carbonyl (C=O) groups is 1. The van der Waals surface area contributed by atoms with Crippen LogP contribution in [0.4, 0.5) is 4.79 Å². The Balaban J connectivity index is 1.70. The minimum Gasteiger partial charge on any atom is -0.338 e. The largest absolute Gasteiger partial charge is 0.338 e. The fourth-order valence-electron chi connectivity index (χ4n) is 1.96. The first-order chi connectivity index (χ1) is 10.6. The first kappa shape index (κ1) is 16.3. The van der Waals surface area contributed by atoms with Gasteiger partial charge in [-0.2, -0.15) is 0 Å². The molecule has 2 aromatic carbocycles. The molecule has 2 amide bonds. The molecule has 0 radical (unpaired) electrons. The molecule has 3 nitrogen and oxygen atoms in total. The van der Waals surface area contributed by atoms with Gasteiger partial charge in [-0.1, -0.05) is 57.9 Å². The quantitative estimate of drug-likeness (QED) is 0.823. The molecule has 2 N–H and O–H groups in total. The van der Waals surface area contributed by atoms with Gasteiger partial charge < -0.3 is 10.6 Å². The maximum Gasteiger partial charge on any atom is 0.318 e. The summed E-state index contributed by atoms with van der Waals surface area (Å²) in [6.45, 7) is 2.64. The molecule has 0 fully saturated rings. The molecule has 114 valence electrons. The van der Waals surface area contributed by atoms with E-state index in [9.17, 15) is 4.79 Å². The van der Waals surface area contributed by atoms with Gasteiger partial charge >= 0.3 is 6.03 Å². The molecule has 0 saturated carbocycles. The molecule has 4 heteroatoms. The predicted octanol–water partition coefficient (Wildman–Crippen LogP) is 4.27. The molecule has 0 heterocycles. The van der Waals surface area contributed by atoms with Crippen molar-refractivity contribution in [3.05, 3.63) is 75.9 Å². The third-order valence-corrected chi connectivity index (χ3v) is 3.65. The van der Waals surface area contributed by atoms with Crippen LogP contribution in [0.15, 0.2) is 59.2 Å². The van der Waals surface area contributed by atoms with Gasteiger partial charge in [0.1, 0.15) is 0 Å². The van der Waals surface area contributed by atoms with E-state index in [1.807, 2.05) is 55.5 Å². The second-order valence-corrected chi connectivity index (χ2v) is 5.94. The number of nitrogens with one attached hydrogen (secondary N) is 2. The number of aryl methyl sites for hydroxylation is 1. The molecule has 2 rings (SSSR count). The Labute approximate surface area is 139 Å². The molecule has 22 heavy (non-hydrogen) atoms. The van der Waals surface area contributed by atoms with E-state index in [1.165, 1.54) is 11.1 Å². The van der Waals surface area contributed by atoms with Gasteiger partial charge in [-0.25, -0.2) is 4.79 Å². The van der Waals surface area contributed by atoms with Gasteiger partial charge in [0, 0.05) is 17.2 Å². The molecule has 0 aliphatic heterocycles. The van der Waals surface area contributed by atoms with Crippen molar-refractivity contribution in [3.8, 4) is 0 Å². The highest BCUT2D eigenvalue weighted by Crippen LogP contribution is 2.11. The zero-order chi connectivity index (χ0) is 15.8. The van der Waals surface area contributed by atoms with Crippen molar-refractivity contribution in [2.24, 2.45) is 0 Å². The second kappa shape index (κ2) is 8.39. The van der Waals surface area contributed by atoms with Crippen molar-refractivity contribution >= 4 is 28.0 Å². The lowest BCUT2D eigenvalue weighted by Crippen LogP contribution is -2.33. The molecule has 0 bridgehead atoms. The molecule has 2 aromatic rings. The van der Waals surface area contributed by atoms with Crippen LogP contribution in [-0.4, -0.2) is 12.6 Å². The zero-order valence-electron chi connectivity index (χ0n) is 12.5. The number of rotatable bonds is 5. The number of benzene rings is 2. The lowest BCUT2D eigenvalue weighted by Gasteiger charge is -2.05. The van der Waals surface area contributed by atoms with Crippen LogP contribution in [0.5, 0.6) is 0 Å². The molecule has 0 unspecified atom stereocenters. The number of hydrogen-bond acceptors (Lipinski definition) is 1. The maximum absolute atomic E-state index is 11.7. The van der Waals surface area contributed by atoms with Crippen LogP contribution in [0.1, 0.15) is 16.7 Å². The van der Waals surface area contributed by atoms with E-state index in [1.54, 1.807) is 6.20 Å². The SMILES string of the molecule is Cc1ccc(/C=C/NC(=O)NCCc2cccc(Br)c2)cc1. The van der Waals surface area contributed by atoms with E-state index in [-0.39, 0.29) is 6.03 Å². The van der Waals surface area contributed by atoms with Crippen LogP contribution >= 0.6 is 15.9 Å². The van der Waals surface area contributed by atoms with Gasteiger partial charge in [0.05, 0.1) is 0 Å². The van der Waals surface area contributed by atoms with Crippen LogP contribution in [-0.2, 0) is 6.42 Å². The first-order valence-corrected chi connectivity index (χ1v) is 7.95. The summed E-state index contributed by atoms with van der Waals surface area (Å²) in [5.41, 5.74) is 3.46. The smallest absolute Gasteiger partial charge is 0.318 e. The normalized spacial score (nSPS) is 10.6. The molecular weight excluding hydrogens is 340 g/mol. The van der Waals surface area contributed by atoms with Crippen molar-refractivity contribution < 1.29 is 4.79 Å². The third-order valence-electron chi connectivity index (χ3n) is 3.16. The van der Waals surface area contributed by atoms with E-state index < -0.39 is 0 Å². The van der Waals surface area contributed by atoms with Gasteiger partial charge in [-0.05, 0) is 42.7 Å². The van der Waals surface area contributed by atoms with Crippen molar-refractivity contribution in [3.63, 3.8) is 0 Å². The summed E-state index contributed by atoms with van der Waals surface area (Å²) in [6, 6.07) is 16.0. The molecule has 0 aliphatic rings. The van der Waals surface area contributed by atoms with Gasteiger partial charge in [0.25, 0.3) is 0 Å². The van der Waals surface area contributed by atoms with E-state index in [0.717, 1.165) is 16.5 Å². The van der Waals surface area contributed by atoms with Crippen LogP contribution in [0, 0.1) is 6.92 Å². The summed E-state index contributed by atoms with van der Waals surface area (Å²) >= 11 is 3.43. The predicted molar refractivity (Wildman–Crippen MR) is 94.6 cm³/mol. The van der Waals surface area contributed by atoms with Gasteiger partial charge in [-0.15, -0.1) is 0 Å². The molecular formula is C18H19BrN2O. The third kappa shape index (κ3) is 5.74. The highest BCUT2D eigenvalue weighted by molar-refractivity contribution is 9.10. The molecule has 0 spiro atoms. The number of urea groups is 1. The molecule has 0 aromatic heterocycles. The monoisotopic (exact) mass is 358 g/mol. The number of halogens is 1. The average molecular weight is 359 g/mol. The summed E-state index contributed by atoms with van der Waals surface area (Å²) in [7, 11) is 0. The molecule has 0 atom stereocenters. The van der Waals surface area contributed by atoms with Gasteiger partial charge in [0.15, 0.2) is 0 Å². The van der Waals surface area contributed by atoms with Gasteiger partial charge in [0.2, 0.25) is 0 Å². The summed E-state index contributed by atoms with van der Waals surface area (Å²) in [4.78, 5) is 11.7. The van der Waals surface area contributed by atoms with E-state index in [4.69, 9.17) is 0 Å². The first-order valence-electron chi connectivity index (χ1n) is 7.15. The summed E-state index contributed by atoms with van der Waals surface area (Å²) in [6.07, 6.45) is 4.32. The fourth-order valence-corrected chi connectivity index (χ4v) is 2.40. The highest BCUT2D eigenvalue weighted by atomic mass is 79.9. The van der Waals surface area contributed by atoms with Gasteiger partial charge in [-0.3, -0.25) is 0 Å². The number of carbonyl (C=O) groups excluding carboxylic acids is 1. The topological polar surface area (TPSA) is 41.1 Å². The summed E-state index contributed by atoms with van der Waals surface area (Å²) < 4.78 is 1.05. The Bertz CT molecular complexity index is 650. The van der Waals surface area contributed by atoms with Crippen molar-refractivity contribution in [2.45, 2.75) is 13.3 Å². The highest BCUT2D eigenvalue weighted by Gasteiger charge is 1.98. The lowest BCUT2D eigenvalue weighted by molar-refractivity contribution is 0.244. The van der Waals surface area contributed by atoms with Crippen molar-refractivity contribution in [1.29, 1.82) is 0 Å². The van der Waals surface area contributed by atoms with E-state index in [0.29, 0.717) is 6.54 Å². The van der Waals surface area contributed by atoms with Crippen molar-refractivity contribution in [1.82, 2.24) is 10.6 Å². The Morgan fingerprint density at radius 1 is 1.18 bits per heavy atom. The fraction of sp³-hybridized carbons (Fsp3) is 0.167. The number of amides is 2.